The minimum atomic E-state index is -0.293. The summed E-state index contributed by atoms with van der Waals surface area (Å²) in [4.78, 5) is 30.7. The van der Waals surface area contributed by atoms with Gasteiger partial charge in [-0.2, -0.15) is 0 Å². The summed E-state index contributed by atoms with van der Waals surface area (Å²) < 4.78 is 0. The molecule has 26 heavy (non-hydrogen) atoms. The predicted molar refractivity (Wildman–Crippen MR) is 105 cm³/mol. The number of rotatable bonds is 3. The third-order valence-corrected chi connectivity index (χ3v) is 6.10. The zero-order chi connectivity index (χ0) is 18.3. The largest absolute Gasteiger partial charge is 0.366 e. The van der Waals surface area contributed by atoms with Gasteiger partial charge in [0.2, 0.25) is 0 Å². The molecule has 2 amide bonds. The number of carbonyl (C=O) groups is 2. The normalized spacial score (nSPS) is 21.1. The first-order valence-corrected chi connectivity index (χ1v) is 10.00. The average Bonchev–Trinajstić information content (AvgIpc) is 3.22. The van der Waals surface area contributed by atoms with Crippen LogP contribution in [0.1, 0.15) is 24.6 Å². The number of nitrogens with zero attached hydrogens (tertiary/aromatic N) is 2. The van der Waals surface area contributed by atoms with Gasteiger partial charge in [-0.15, -0.1) is 11.3 Å². The highest BCUT2D eigenvalue weighted by Gasteiger charge is 2.44. The number of benzene rings is 1. The van der Waals surface area contributed by atoms with Gasteiger partial charge in [-0.1, -0.05) is 36.7 Å². The summed E-state index contributed by atoms with van der Waals surface area (Å²) in [5.41, 5.74) is 1.46. The highest BCUT2D eigenvalue weighted by molar-refractivity contribution is 7.11. The molecule has 134 valence electrons. The van der Waals surface area contributed by atoms with E-state index in [1.807, 2.05) is 17.5 Å². The van der Waals surface area contributed by atoms with E-state index in [2.05, 4.69) is 11.8 Å². The zero-order valence-corrected chi connectivity index (χ0v) is 16.0. The van der Waals surface area contributed by atoms with Crippen molar-refractivity contribution >= 4 is 46.0 Å². The predicted octanol–water partition coefficient (Wildman–Crippen LogP) is 4.42. The number of hydrogen-bond acceptors (Lipinski definition) is 4. The monoisotopic (exact) mass is 386 g/mol. The third kappa shape index (κ3) is 2.85. The summed E-state index contributed by atoms with van der Waals surface area (Å²) in [5, 5.41) is 2.32. The molecule has 6 heteroatoms. The van der Waals surface area contributed by atoms with Crippen LogP contribution in [0, 0.1) is 5.92 Å². The quantitative estimate of drug-likeness (QED) is 0.733. The van der Waals surface area contributed by atoms with Crippen molar-refractivity contribution in [3.05, 3.63) is 57.4 Å². The maximum absolute atomic E-state index is 13.3. The molecule has 0 saturated carbocycles. The van der Waals surface area contributed by atoms with Crippen LogP contribution in [0.2, 0.25) is 5.02 Å². The second kappa shape index (κ2) is 6.89. The minimum Gasteiger partial charge on any atom is -0.366 e. The second-order valence-corrected chi connectivity index (χ2v) is 8.15. The first kappa shape index (κ1) is 17.3. The Hall–Kier alpha value is -2.11. The number of para-hydroxylation sites is 1. The average molecular weight is 387 g/mol. The van der Waals surface area contributed by atoms with E-state index in [0.717, 1.165) is 30.8 Å². The maximum atomic E-state index is 13.3. The van der Waals surface area contributed by atoms with Gasteiger partial charge < -0.3 is 4.90 Å². The van der Waals surface area contributed by atoms with E-state index in [0.29, 0.717) is 27.9 Å². The van der Waals surface area contributed by atoms with Crippen molar-refractivity contribution in [3.63, 3.8) is 0 Å². The molecule has 2 aliphatic heterocycles. The van der Waals surface area contributed by atoms with Crippen molar-refractivity contribution in [2.45, 2.75) is 19.8 Å². The molecule has 0 aliphatic carbocycles. The standard InChI is InChI=1S/C20H19ClN2O2S/c1-13-6-4-10-22(12-13)18-17(16-9-5-11-26-16)19(24)23(20(18)25)15-8-3-2-7-14(15)21/h2-3,5,7-9,11,13H,4,6,10,12H2,1H3. The molecule has 1 fully saturated rings. The van der Waals surface area contributed by atoms with Gasteiger partial charge in [0.05, 0.1) is 16.3 Å². The molecule has 4 rings (SSSR count). The van der Waals surface area contributed by atoms with Crippen molar-refractivity contribution in [2.75, 3.05) is 18.0 Å². The molecule has 3 heterocycles. The number of piperidine rings is 1. The molecule has 0 radical (unpaired) electrons. The lowest BCUT2D eigenvalue weighted by molar-refractivity contribution is -0.120. The summed E-state index contributed by atoms with van der Waals surface area (Å²) in [6.07, 6.45) is 2.17. The van der Waals surface area contributed by atoms with Gasteiger partial charge in [0.25, 0.3) is 11.8 Å². The van der Waals surface area contributed by atoms with E-state index in [9.17, 15) is 9.59 Å². The molecule has 0 bridgehead atoms. The molecule has 2 aliphatic rings. The summed E-state index contributed by atoms with van der Waals surface area (Å²) in [6.45, 7) is 3.77. The van der Waals surface area contributed by atoms with Gasteiger partial charge in [-0.25, -0.2) is 4.90 Å². The SMILES string of the molecule is CC1CCCN(C2=C(c3cccs3)C(=O)N(c3ccccc3Cl)C2=O)C1. The number of imide groups is 1. The highest BCUT2D eigenvalue weighted by atomic mass is 35.5. The summed E-state index contributed by atoms with van der Waals surface area (Å²) in [6, 6.07) is 10.8. The van der Waals surface area contributed by atoms with Gasteiger partial charge >= 0.3 is 0 Å². The first-order chi connectivity index (χ1) is 12.6. The van der Waals surface area contributed by atoms with E-state index >= 15 is 0 Å². The fraction of sp³-hybridized carbons (Fsp3) is 0.300. The number of amides is 2. The van der Waals surface area contributed by atoms with Crippen LogP contribution in [0.25, 0.3) is 5.57 Å². The van der Waals surface area contributed by atoms with Crippen LogP contribution in [0.4, 0.5) is 5.69 Å². The number of anilines is 1. The Bertz CT molecular complexity index is 891. The topological polar surface area (TPSA) is 40.6 Å². The van der Waals surface area contributed by atoms with Crippen LogP contribution in [0.5, 0.6) is 0 Å². The Morgan fingerprint density at radius 3 is 2.62 bits per heavy atom. The van der Waals surface area contributed by atoms with E-state index in [1.165, 1.54) is 16.2 Å². The number of carbonyl (C=O) groups excluding carboxylic acids is 2. The fourth-order valence-corrected chi connectivity index (χ4v) is 4.68. The van der Waals surface area contributed by atoms with Crippen molar-refractivity contribution < 1.29 is 9.59 Å². The minimum absolute atomic E-state index is 0.277. The van der Waals surface area contributed by atoms with Crippen LogP contribution in [0.15, 0.2) is 47.5 Å². The molecule has 1 atom stereocenters. The van der Waals surface area contributed by atoms with E-state index in [1.54, 1.807) is 24.3 Å². The van der Waals surface area contributed by atoms with Gasteiger partial charge in [-0.05, 0) is 42.3 Å². The van der Waals surface area contributed by atoms with E-state index < -0.39 is 0 Å². The molecule has 0 spiro atoms. The van der Waals surface area contributed by atoms with Crippen molar-refractivity contribution in [3.8, 4) is 0 Å². The lowest BCUT2D eigenvalue weighted by atomic mass is 9.99. The Morgan fingerprint density at radius 2 is 1.92 bits per heavy atom. The van der Waals surface area contributed by atoms with Crippen LogP contribution in [-0.2, 0) is 9.59 Å². The first-order valence-electron chi connectivity index (χ1n) is 8.74. The van der Waals surface area contributed by atoms with Gasteiger partial charge in [0.1, 0.15) is 5.70 Å². The smallest absolute Gasteiger partial charge is 0.282 e. The lowest BCUT2D eigenvalue weighted by Gasteiger charge is -2.33. The summed E-state index contributed by atoms with van der Waals surface area (Å²) in [5.74, 6) is -0.0718. The number of hydrogen-bond donors (Lipinski definition) is 0. The molecule has 1 saturated heterocycles. The second-order valence-electron chi connectivity index (χ2n) is 6.79. The van der Waals surface area contributed by atoms with Crippen LogP contribution in [-0.4, -0.2) is 29.8 Å². The van der Waals surface area contributed by atoms with Crippen LogP contribution < -0.4 is 4.90 Å². The Morgan fingerprint density at radius 1 is 1.12 bits per heavy atom. The lowest BCUT2D eigenvalue weighted by Crippen LogP contribution is -2.39. The number of thiophene rings is 1. The Labute approximate surface area is 161 Å². The molecule has 4 nitrogen and oxygen atoms in total. The fourth-order valence-electron chi connectivity index (χ4n) is 3.70. The molecular weight excluding hydrogens is 368 g/mol. The Kier molecular flexibility index (Phi) is 4.59. The molecule has 1 aromatic heterocycles. The Balaban J connectivity index is 1.83. The number of likely N-dealkylation sites (tertiary alicyclic amines) is 1. The van der Waals surface area contributed by atoms with E-state index in [-0.39, 0.29) is 11.8 Å². The molecule has 2 aromatic rings. The zero-order valence-electron chi connectivity index (χ0n) is 14.4. The van der Waals surface area contributed by atoms with Crippen LogP contribution in [0.3, 0.4) is 0 Å². The molecular formula is C20H19ClN2O2S. The van der Waals surface area contributed by atoms with Crippen molar-refractivity contribution in [1.82, 2.24) is 4.90 Å². The highest BCUT2D eigenvalue weighted by Crippen LogP contribution is 2.39. The van der Waals surface area contributed by atoms with E-state index in [4.69, 9.17) is 11.6 Å². The molecule has 1 unspecified atom stereocenters. The number of halogens is 1. The molecule has 1 aromatic carbocycles. The van der Waals surface area contributed by atoms with Gasteiger partial charge in [0.15, 0.2) is 0 Å². The van der Waals surface area contributed by atoms with Crippen molar-refractivity contribution in [2.24, 2.45) is 5.92 Å². The van der Waals surface area contributed by atoms with Gasteiger partial charge in [0, 0.05) is 18.0 Å². The third-order valence-electron chi connectivity index (χ3n) is 4.89. The maximum Gasteiger partial charge on any atom is 0.282 e. The van der Waals surface area contributed by atoms with Crippen molar-refractivity contribution in [1.29, 1.82) is 0 Å². The van der Waals surface area contributed by atoms with Crippen LogP contribution >= 0.6 is 22.9 Å². The summed E-state index contributed by atoms with van der Waals surface area (Å²) in [7, 11) is 0. The molecule has 0 N–H and O–H groups in total. The summed E-state index contributed by atoms with van der Waals surface area (Å²) >= 11 is 7.77. The van der Waals surface area contributed by atoms with Gasteiger partial charge in [-0.3, -0.25) is 9.59 Å².